The van der Waals surface area contributed by atoms with Crippen LogP contribution >= 0.6 is 0 Å². The van der Waals surface area contributed by atoms with Gasteiger partial charge in [-0.15, -0.1) is 0 Å². The largest absolute Gasteiger partial charge is 0.456 e. The number of para-hydroxylation sites is 1. The predicted octanol–water partition coefficient (Wildman–Crippen LogP) is 3.48. The number of hydrogen-bond donors (Lipinski definition) is 0. The number of hydrogen-bond acceptors (Lipinski definition) is 1. The highest BCUT2D eigenvalue weighted by atomic mass is 16.3. The Hall–Kier alpha value is -2.54. The minimum atomic E-state index is 0.928. The Balaban J connectivity index is 1.91. The van der Waals surface area contributed by atoms with Crippen LogP contribution in [0.2, 0.25) is 0 Å². The van der Waals surface area contributed by atoms with Crippen LogP contribution in [0.25, 0.3) is 28.7 Å². The van der Waals surface area contributed by atoms with E-state index in [1.807, 2.05) is 18.2 Å². The summed E-state index contributed by atoms with van der Waals surface area (Å²) in [6.07, 6.45) is 7.45. The van der Waals surface area contributed by atoms with Crippen molar-refractivity contribution in [1.29, 1.82) is 0 Å². The van der Waals surface area contributed by atoms with Crippen molar-refractivity contribution < 1.29 is 4.42 Å². The van der Waals surface area contributed by atoms with Crippen LogP contribution in [0.5, 0.6) is 0 Å². The number of rotatable bonds is 1. The van der Waals surface area contributed by atoms with Crippen molar-refractivity contribution in [2.24, 2.45) is 0 Å². The van der Waals surface area contributed by atoms with Crippen molar-refractivity contribution in [1.82, 2.24) is 0 Å². The molecule has 96 valence electrons. The van der Waals surface area contributed by atoms with Gasteiger partial charge in [-0.3, -0.25) is 0 Å². The molecule has 1 aliphatic rings. The van der Waals surface area contributed by atoms with E-state index in [9.17, 15) is 0 Å². The zero-order valence-electron chi connectivity index (χ0n) is 11.0. The van der Waals surface area contributed by atoms with Crippen LogP contribution in [-0.2, 0) is 0 Å². The van der Waals surface area contributed by atoms with E-state index in [0.29, 0.717) is 0 Å². The van der Waals surface area contributed by atoms with Crippen LogP contribution in [0.15, 0.2) is 65.1 Å². The molecule has 3 aromatic rings. The molecule has 0 radical (unpaired) electrons. The van der Waals surface area contributed by atoms with E-state index in [1.54, 1.807) is 0 Å². The summed E-state index contributed by atoms with van der Waals surface area (Å²) in [5.74, 6) is 0. The van der Waals surface area contributed by atoms with Gasteiger partial charge in [-0.1, -0.05) is 60.7 Å². The van der Waals surface area contributed by atoms with Gasteiger partial charge >= 0.3 is 0 Å². The molecule has 1 heteroatoms. The summed E-state index contributed by atoms with van der Waals surface area (Å²) in [6.45, 7) is 0. The van der Waals surface area contributed by atoms with Crippen molar-refractivity contribution in [2.75, 3.05) is 0 Å². The normalized spacial score (nSPS) is 13.9. The first-order chi connectivity index (χ1) is 9.92. The Morgan fingerprint density at radius 3 is 2.50 bits per heavy atom. The summed E-state index contributed by atoms with van der Waals surface area (Å²) >= 11 is 0. The lowest BCUT2D eigenvalue weighted by molar-refractivity contribution is 0.576. The van der Waals surface area contributed by atoms with E-state index in [2.05, 4.69) is 54.6 Å². The Morgan fingerprint density at radius 2 is 1.60 bits per heavy atom. The molecule has 0 amide bonds. The van der Waals surface area contributed by atoms with Crippen LogP contribution < -0.4 is 10.6 Å². The van der Waals surface area contributed by atoms with Crippen molar-refractivity contribution in [3.63, 3.8) is 0 Å². The maximum Gasteiger partial charge on any atom is 0.135 e. The summed E-state index contributed by atoms with van der Waals surface area (Å²) in [4.78, 5) is 0. The SMILES string of the molecule is C1=C(c2ccccc2)CC=c2c(oc3ccccc23)=C1. The second kappa shape index (κ2) is 4.53. The molecule has 0 unspecified atom stereocenters. The summed E-state index contributed by atoms with van der Waals surface area (Å²) < 4.78 is 5.92. The zero-order valence-corrected chi connectivity index (χ0v) is 11.0. The number of allylic oxidation sites excluding steroid dienone is 2. The third kappa shape index (κ3) is 1.79. The summed E-state index contributed by atoms with van der Waals surface area (Å²) in [6, 6.07) is 18.7. The fourth-order valence-electron chi connectivity index (χ4n) is 2.74. The van der Waals surface area contributed by atoms with E-state index in [4.69, 9.17) is 4.42 Å². The summed E-state index contributed by atoms with van der Waals surface area (Å²) in [7, 11) is 0. The van der Waals surface area contributed by atoms with Gasteiger partial charge in [-0.25, -0.2) is 0 Å². The molecule has 0 fully saturated rings. The van der Waals surface area contributed by atoms with Crippen molar-refractivity contribution in [2.45, 2.75) is 6.42 Å². The Labute approximate surface area is 117 Å². The van der Waals surface area contributed by atoms with Crippen molar-refractivity contribution in [3.05, 3.63) is 76.9 Å². The predicted molar refractivity (Wildman–Crippen MR) is 83.4 cm³/mol. The van der Waals surface area contributed by atoms with Gasteiger partial charge in [-0.05, 0) is 29.7 Å². The maximum atomic E-state index is 5.92. The molecule has 1 heterocycles. The van der Waals surface area contributed by atoms with Gasteiger partial charge in [0.2, 0.25) is 0 Å². The standard InChI is InChI=1S/C19H14O/c1-2-6-14(7-3-1)15-10-12-17-16-8-4-5-9-18(16)20-19(17)13-11-15/h1-9,11-13H,10H2. The molecule has 0 N–H and O–H groups in total. The second-order valence-corrected chi connectivity index (χ2v) is 5.01. The molecule has 0 atom stereocenters. The lowest BCUT2D eigenvalue weighted by atomic mass is 10.0. The van der Waals surface area contributed by atoms with E-state index in [1.165, 1.54) is 21.7 Å². The molecule has 1 aliphatic carbocycles. The minimum absolute atomic E-state index is 0.928. The molecular formula is C19H14O. The Bertz CT molecular complexity index is 911. The molecule has 0 saturated heterocycles. The smallest absolute Gasteiger partial charge is 0.135 e. The molecule has 20 heavy (non-hydrogen) atoms. The topological polar surface area (TPSA) is 13.1 Å². The van der Waals surface area contributed by atoms with Crippen LogP contribution in [0.1, 0.15) is 12.0 Å². The average Bonchev–Trinajstić information content (AvgIpc) is 2.73. The fourth-order valence-corrected chi connectivity index (χ4v) is 2.74. The third-order valence-electron chi connectivity index (χ3n) is 3.77. The first kappa shape index (κ1) is 11.3. The van der Waals surface area contributed by atoms with Crippen molar-refractivity contribution in [3.8, 4) is 0 Å². The number of benzene rings is 2. The molecule has 2 aromatic carbocycles. The van der Waals surface area contributed by atoms with Gasteiger partial charge < -0.3 is 4.42 Å². The monoisotopic (exact) mass is 258 g/mol. The summed E-state index contributed by atoms with van der Waals surface area (Å²) in [5, 5.41) is 2.41. The highest BCUT2D eigenvalue weighted by Gasteiger charge is 2.06. The zero-order chi connectivity index (χ0) is 13.4. The van der Waals surface area contributed by atoms with Gasteiger partial charge in [0.25, 0.3) is 0 Å². The second-order valence-electron chi connectivity index (χ2n) is 5.01. The molecule has 1 aromatic heterocycles. The Morgan fingerprint density at radius 1 is 0.800 bits per heavy atom. The van der Waals surface area contributed by atoms with Crippen molar-refractivity contribution >= 4 is 28.7 Å². The summed E-state index contributed by atoms with van der Waals surface area (Å²) in [5.41, 5.74) is 4.51. The van der Waals surface area contributed by atoms with Gasteiger partial charge in [0.05, 0.1) is 0 Å². The highest BCUT2D eigenvalue weighted by molar-refractivity contribution is 5.82. The quantitative estimate of drug-likeness (QED) is 0.651. The average molecular weight is 258 g/mol. The molecule has 0 spiro atoms. The lowest BCUT2D eigenvalue weighted by Gasteiger charge is -2.02. The fraction of sp³-hybridized carbons (Fsp3) is 0.0526. The van der Waals surface area contributed by atoms with Gasteiger partial charge in [0.1, 0.15) is 11.0 Å². The van der Waals surface area contributed by atoms with Crippen LogP contribution in [0, 0.1) is 0 Å². The van der Waals surface area contributed by atoms with E-state index >= 15 is 0 Å². The molecule has 0 bridgehead atoms. The number of fused-ring (bicyclic) bond motifs is 3. The van der Waals surface area contributed by atoms with Crippen LogP contribution in [0.4, 0.5) is 0 Å². The van der Waals surface area contributed by atoms with Crippen LogP contribution in [-0.4, -0.2) is 0 Å². The van der Waals surface area contributed by atoms with Gasteiger partial charge in [-0.2, -0.15) is 0 Å². The lowest BCUT2D eigenvalue weighted by Crippen LogP contribution is -2.18. The third-order valence-corrected chi connectivity index (χ3v) is 3.77. The van der Waals surface area contributed by atoms with Crippen LogP contribution in [0.3, 0.4) is 0 Å². The molecule has 1 nitrogen and oxygen atoms in total. The van der Waals surface area contributed by atoms with E-state index < -0.39 is 0 Å². The van der Waals surface area contributed by atoms with E-state index in [-0.39, 0.29) is 0 Å². The first-order valence-corrected chi connectivity index (χ1v) is 6.86. The number of furan rings is 1. The Kier molecular flexibility index (Phi) is 2.56. The molecule has 4 rings (SSSR count). The first-order valence-electron chi connectivity index (χ1n) is 6.86. The maximum absolute atomic E-state index is 5.92. The highest BCUT2D eigenvalue weighted by Crippen LogP contribution is 2.20. The van der Waals surface area contributed by atoms with E-state index in [0.717, 1.165) is 17.4 Å². The van der Waals surface area contributed by atoms with Gasteiger partial charge in [0, 0.05) is 10.6 Å². The molecule has 0 saturated carbocycles. The molecule has 0 aliphatic heterocycles. The van der Waals surface area contributed by atoms with Gasteiger partial charge in [0.15, 0.2) is 0 Å². The minimum Gasteiger partial charge on any atom is -0.456 e. The molecular weight excluding hydrogens is 244 g/mol.